The van der Waals surface area contributed by atoms with E-state index in [1.165, 1.54) is 5.56 Å². The van der Waals surface area contributed by atoms with Crippen LogP contribution in [-0.4, -0.2) is 41.4 Å². The molecule has 0 aromatic heterocycles. The van der Waals surface area contributed by atoms with E-state index in [0.717, 1.165) is 37.6 Å². The van der Waals surface area contributed by atoms with Crippen LogP contribution in [-0.2, 0) is 11.3 Å². The highest BCUT2D eigenvalue weighted by Crippen LogP contribution is 2.13. The van der Waals surface area contributed by atoms with E-state index in [1.807, 2.05) is 34.9 Å². The zero-order valence-corrected chi connectivity index (χ0v) is 13.0. The number of rotatable bonds is 6. The zero-order chi connectivity index (χ0) is 14.2. The molecule has 1 amide bonds. The molecule has 1 aliphatic heterocycles. The normalized spacial score (nSPS) is 18.8. The first-order chi connectivity index (χ1) is 9.79. The summed E-state index contributed by atoms with van der Waals surface area (Å²) in [6.45, 7) is 4.72. The Bertz CT molecular complexity index is 404. The smallest absolute Gasteiger partial charge is 0.224 e. The molecule has 4 heteroatoms. The number of hydrogen-bond donors (Lipinski definition) is 1. The molecule has 1 aromatic carbocycles. The van der Waals surface area contributed by atoms with Gasteiger partial charge in [-0.25, -0.2) is 0 Å². The van der Waals surface area contributed by atoms with Crippen LogP contribution in [0.5, 0.6) is 0 Å². The SMILES string of the molecule is CCCN(Cc1ccccc1)C(=O)CC1CSCCN1. The van der Waals surface area contributed by atoms with Crippen LogP contribution in [0.4, 0.5) is 0 Å². The molecule has 1 aliphatic rings. The van der Waals surface area contributed by atoms with Gasteiger partial charge in [-0.2, -0.15) is 11.8 Å². The standard InChI is InChI=1S/C16H24N2OS/c1-2-9-18(12-14-6-4-3-5-7-14)16(19)11-15-13-20-10-8-17-15/h3-7,15,17H,2,8-13H2,1H3. The van der Waals surface area contributed by atoms with Crippen molar-refractivity contribution in [1.29, 1.82) is 0 Å². The van der Waals surface area contributed by atoms with E-state index in [1.54, 1.807) is 0 Å². The summed E-state index contributed by atoms with van der Waals surface area (Å²) in [7, 11) is 0. The summed E-state index contributed by atoms with van der Waals surface area (Å²) >= 11 is 1.94. The average Bonchev–Trinajstić information content (AvgIpc) is 2.49. The van der Waals surface area contributed by atoms with Crippen molar-refractivity contribution in [3.8, 4) is 0 Å². The number of thioether (sulfide) groups is 1. The Morgan fingerprint density at radius 1 is 1.40 bits per heavy atom. The lowest BCUT2D eigenvalue weighted by molar-refractivity contribution is -0.132. The van der Waals surface area contributed by atoms with Crippen LogP contribution in [0.3, 0.4) is 0 Å². The summed E-state index contributed by atoms with van der Waals surface area (Å²) in [6.07, 6.45) is 1.63. The van der Waals surface area contributed by atoms with Crippen LogP contribution in [0.1, 0.15) is 25.3 Å². The molecule has 110 valence electrons. The first-order valence-corrected chi connectivity index (χ1v) is 8.58. The summed E-state index contributed by atoms with van der Waals surface area (Å²) < 4.78 is 0. The minimum Gasteiger partial charge on any atom is -0.338 e. The van der Waals surface area contributed by atoms with E-state index in [0.29, 0.717) is 12.5 Å². The molecule has 0 saturated carbocycles. The Hall–Kier alpha value is -1.00. The lowest BCUT2D eigenvalue weighted by Crippen LogP contribution is -2.42. The molecule has 1 fully saturated rings. The molecule has 1 aromatic rings. The summed E-state index contributed by atoms with van der Waals surface area (Å²) in [5.41, 5.74) is 1.21. The van der Waals surface area contributed by atoms with Gasteiger partial charge >= 0.3 is 0 Å². The van der Waals surface area contributed by atoms with E-state index >= 15 is 0 Å². The third kappa shape index (κ3) is 4.84. The topological polar surface area (TPSA) is 32.3 Å². The molecular weight excluding hydrogens is 268 g/mol. The second kappa shape index (κ2) is 8.32. The number of nitrogens with one attached hydrogen (secondary N) is 1. The van der Waals surface area contributed by atoms with Crippen molar-refractivity contribution in [3.05, 3.63) is 35.9 Å². The van der Waals surface area contributed by atoms with Crippen LogP contribution in [0.25, 0.3) is 0 Å². The average molecular weight is 292 g/mol. The van der Waals surface area contributed by atoms with Crippen molar-refractivity contribution in [2.45, 2.75) is 32.4 Å². The molecule has 3 nitrogen and oxygen atoms in total. The quantitative estimate of drug-likeness (QED) is 0.874. The molecule has 1 unspecified atom stereocenters. The number of nitrogens with zero attached hydrogens (tertiary/aromatic N) is 1. The number of hydrogen-bond acceptors (Lipinski definition) is 3. The van der Waals surface area contributed by atoms with E-state index < -0.39 is 0 Å². The highest BCUT2D eigenvalue weighted by atomic mass is 32.2. The Morgan fingerprint density at radius 2 is 2.20 bits per heavy atom. The van der Waals surface area contributed by atoms with Crippen molar-refractivity contribution in [2.75, 3.05) is 24.6 Å². The molecular formula is C16H24N2OS. The number of carbonyl (C=O) groups is 1. The van der Waals surface area contributed by atoms with E-state index in [9.17, 15) is 4.79 Å². The first-order valence-electron chi connectivity index (χ1n) is 7.42. The monoisotopic (exact) mass is 292 g/mol. The van der Waals surface area contributed by atoms with Crippen LogP contribution >= 0.6 is 11.8 Å². The highest BCUT2D eigenvalue weighted by molar-refractivity contribution is 7.99. The Kier molecular flexibility index (Phi) is 6.40. The van der Waals surface area contributed by atoms with Gasteiger partial charge in [-0.3, -0.25) is 4.79 Å². The largest absolute Gasteiger partial charge is 0.338 e. The van der Waals surface area contributed by atoms with E-state index in [-0.39, 0.29) is 5.91 Å². The Labute approximate surface area is 126 Å². The molecule has 0 radical (unpaired) electrons. The molecule has 1 saturated heterocycles. The number of carbonyl (C=O) groups excluding carboxylic acids is 1. The molecule has 0 bridgehead atoms. The van der Waals surface area contributed by atoms with Gasteiger partial charge < -0.3 is 10.2 Å². The minimum absolute atomic E-state index is 0.274. The lowest BCUT2D eigenvalue weighted by Gasteiger charge is -2.27. The van der Waals surface area contributed by atoms with E-state index in [2.05, 4.69) is 24.4 Å². The Morgan fingerprint density at radius 3 is 2.85 bits per heavy atom. The summed E-state index contributed by atoms with van der Waals surface area (Å²) in [4.78, 5) is 14.5. The van der Waals surface area contributed by atoms with Gasteiger partial charge in [-0.15, -0.1) is 0 Å². The summed E-state index contributed by atoms with van der Waals surface area (Å²) in [5, 5.41) is 3.44. The summed E-state index contributed by atoms with van der Waals surface area (Å²) in [5.74, 6) is 2.49. The molecule has 2 rings (SSSR count). The fourth-order valence-electron chi connectivity index (χ4n) is 2.46. The third-order valence-electron chi connectivity index (χ3n) is 3.48. The highest BCUT2D eigenvalue weighted by Gasteiger charge is 2.20. The molecule has 1 heterocycles. The first kappa shape index (κ1) is 15.4. The fourth-order valence-corrected chi connectivity index (χ4v) is 3.41. The van der Waals surface area contributed by atoms with Crippen molar-refractivity contribution < 1.29 is 4.79 Å². The Balaban J connectivity index is 1.91. The van der Waals surface area contributed by atoms with Crippen molar-refractivity contribution in [2.24, 2.45) is 0 Å². The number of benzene rings is 1. The predicted octanol–water partition coefficient (Wildman–Crippen LogP) is 2.52. The lowest BCUT2D eigenvalue weighted by atomic mass is 10.1. The van der Waals surface area contributed by atoms with E-state index in [4.69, 9.17) is 0 Å². The number of amides is 1. The van der Waals surface area contributed by atoms with Crippen molar-refractivity contribution >= 4 is 17.7 Å². The minimum atomic E-state index is 0.274. The van der Waals surface area contributed by atoms with Gasteiger partial charge in [0.15, 0.2) is 0 Å². The van der Waals surface area contributed by atoms with Gasteiger partial charge in [0, 0.05) is 43.6 Å². The van der Waals surface area contributed by atoms with Crippen LogP contribution < -0.4 is 5.32 Å². The van der Waals surface area contributed by atoms with Crippen molar-refractivity contribution in [1.82, 2.24) is 10.2 Å². The maximum absolute atomic E-state index is 12.5. The molecule has 20 heavy (non-hydrogen) atoms. The van der Waals surface area contributed by atoms with Gasteiger partial charge in [-0.1, -0.05) is 37.3 Å². The maximum atomic E-state index is 12.5. The second-order valence-electron chi connectivity index (χ2n) is 5.23. The molecule has 1 atom stereocenters. The molecule has 1 N–H and O–H groups in total. The maximum Gasteiger partial charge on any atom is 0.224 e. The van der Waals surface area contributed by atoms with Crippen LogP contribution in [0, 0.1) is 0 Å². The van der Waals surface area contributed by atoms with Crippen LogP contribution in [0.15, 0.2) is 30.3 Å². The molecule has 0 aliphatic carbocycles. The van der Waals surface area contributed by atoms with Gasteiger partial charge in [0.1, 0.15) is 0 Å². The zero-order valence-electron chi connectivity index (χ0n) is 12.2. The fraction of sp³-hybridized carbons (Fsp3) is 0.562. The predicted molar refractivity (Wildman–Crippen MR) is 85.9 cm³/mol. The van der Waals surface area contributed by atoms with Gasteiger partial charge in [0.2, 0.25) is 5.91 Å². The molecule has 0 spiro atoms. The van der Waals surface area contributed by atoms with Crippen molar-refractivity contribution in [3.63, 3.8) is 0 Å². The second-order valence-corrected chi connectivity index (χ2v) is 6.38. The summed E-state index contributed by atoms with van der Waals surface area (Å²) in [6, 6.07) is 10.6. The van der Waals surface area contributed by atoms with Crippen LogP contribution in [0.2, 0.25) is 0 Å². The van der Waals surface area contributed by atoms with Gasteiger partial charge in [0.05, 0.1) is 0 Å². The van der Waals surface area contributed by atoms with Gasteiger partial charge in [0.25, 0.3) is 0 Å². The van der Waals surface area contributed by atoms with Gasteiger partial charge in [-0.05, 0) is 12.0 Å². The third-order valence-corrected chi connectivity index (χ3v) is 4.61.